The summed E-state index contributed by atoms with van der Waals surface area (Å²) in [6.45, 7) is 3.10. The summed E-state index contributed by atoms with van der Waals surface area (Å²) < 4.78 is 6.44. The summed E-state index contributed by atoms with van der Waals surface area (Å²) in [4.78, 5) is 0. The van der Waals surface area contributed by atoms with Crippen molar-refractivity contribution in [1.29, 1.82) is 0 Å². The van der Waals surface area contributed by atoms with Crippen LogP contribution in [0.5, 0.6) is 5.75 Å². The molecule has 0 aliphatic carbocycles. The molecule has 0 radical (unpaired) electrons. The summed E-state index contributed by atoms with van der Waals surface area (Å²) in [6.07, 6.45) is 0. The highest BCUT2D eigenvalue weighted by Gasteiger charge is 2.05. The molecule has 0 saturated carbocycles. The fraction of sp³-hybridized carbons (Fsp3) is 0.455. The van der Waals surface area contributed by atoms with Gasteiger partial charge in [-0.25, -0.2) is 0 Å². The molecule has 0 spiro atoms. The predicted octanol–water partition coefficient (Wildman–Crippen LogP) is 1.92. The maximum absolute atomic E-state index is 8.86. The second kappa shape index (κ2) is 6.10. The van der Waals surface area contributed by atoms with Gasteiger partial charge in [0, 0.05) is 19.1 Å². The zero-order valence-corrected chi connectivity index (χ0v) is 10.3. The number of aliphatic hydroxyl groups is 1. The molecule has 0 aliphatic heterocycles. The van der Waals surface area contributed by atoms with Crippen molar-refractivity contribution >= 4 is 15.9 Å². The minimum Gasteiger partial charge on any atom is -0.492 e. The van der Waals surface area contributed by atoms with Crippen molar-refractivity contribution in [2.75, 3.05) is 13.2 Å². The lowest BCUT2D eigenvalue weighted by Gasteiger charge is -2.12. The van der Waals surface area contributed by atoms with E-state index >= 15 is 0 Å². The summed E-state index contributed by atoms with van der Waals surface area (Å²) >= 11 is 3.42. The second-order valence-corrected chi connectivity index (χ2v) is 4.42. The van der Waals surface area contributed by atoms with Crippen LogP contribution in [0.4, 0.5) is 0 Å². The van der Waals surface area contributed by atoms with Crippen molar-refractivity contribution in [3.05, 3.63) is 28.2 Å². The van der Waals surface area contributed by atoms with Gasteiger partial charge in [0.2, 0.25) is 0 Å². The highest BCUT2D eigenvalue weighted by molar-refractivity contribution is 9.10. The molecule has 3 N–H and O–H groups in total. The molecule has 0 fully saturated rings. The van der Waals surface area contributed by atoms with Gasteiger partial charge in [-0.05, 0) is 33.6 Å². The van der Waals surface area contributed by atoms with Crippen LogP contribution in [0, 0.1) is 5.92 Å². The summed E-state index contributed by atoms with van der Waals surface area (Å²) in [5, 5.41) is 8.86. The molecule has 4 heteroatoms. The molecule has 15 heavy (non-hydrogen) atoms. The van der Waals surface area contributed by atoms with Gasteiger partial charge in [0.15, 0.2) is 0 Å². The van der Waals surface area contributed by atoms with E-state index in [0.29, 0.717) is 13.2 Å². The summed E-state index contributed by atoms with van der Waals surface area (Å²) in [6, 6.07) is 5.76. The van der Waals surface area contributed by atoms with Crippen molar-refractivity contribution in [2.45, 2.75) is 13.5 Å². The van der Waals surface area contributed by atoms with Crippen LogP contribution in [0.3, 0.4) is 0 Å². The maximum Gasteiger partial charge on any atom is 0.133 e. The normalized spacial score (nSPS) is 12.5. The first-order chi connectivity index (χ1) is 7.17. The third-order valence-electron chi connectivity index (χ3n) is 2.07. The average molecular weight is 274 g/mol. The Morgan fingerprint density at radius 1 is 1.53 bits per heavy atom. The Labute approximate surface area is 98.4 Å². The number of hydrogen-bond donors (Lipinski definition) is 2. The number of rotatable bonds is 5. The molecule has 1 rings (SSSR count). The Morgan fingerprint density at radius 3 is 2.80 bits per heavy atom. The van der Waals surface area contributed by atoms with Crippen LogP contribution >= 0.6 is 15.9 Å². The van der Waals surface area contributed by atoms with Gasteiger partial charge in [-0.3, -0.25) is 0 Å². The van der Waals surface area contributed by atoms with Gasteiger partial charge < -0.3 is 15.6 Å². The zero-order valence-electron chi connectivity index (χ0n) is 8.74. The molecule has 0 aliphatic rings. The minimum absolute atomic E-state index is 0.137. The van der Waals surface area contributed by atoms with Crippen molar-refractivity contribution in [3.8, 4) is 5.75 Å². The van der Waals surface area contributed by atoms with Crippen molar-refractivity contribution < 1.29 is 9.84 Å². The smallest absolute Gasteiger partial charge is 0.133 e. The molecule has 1 unspecified atom stereocenters. The first kappa shape index (κ1) is 12.5. The van der Waals surface area contributed by atoms with E-state index in [1.54, 1.807) is 0 Å². The Morgan fingerprint density at radius 2 is 2.27 bits per heavy atom. The molecule has 0 aromatic heterocycles. The number of benzene rings is 1. The van der Waals surface area contributed by atoms with Gasteiger partial charge >= 0.3 is 0 Å². The molecule has 1 aromatic carbocycles. The molecular formula is C11H16BrNO2. The van der Waals surface area contributed by atoms with Crippen LogP contribution < -0.4 is 10.5 Å². The molecule has 0 bridgehead atoms. The standard InChI is InChI=1S/C11H16BrNO2/c1-8(6-14)7-15-11-3-2-9(5-13)4-10(11)12/h2-4,8,14H,5-7,13H2,1H3. The van der Waals surface area contributed by atoms with Crippen LogP contribution in [0.15, 0.2) is 22.7 Å². The van der Waals surface area contributed by atoms with E-state index in [4.69, 9.17) is 15.6 Å². The molecule has 1 atom stereocenters. The highest BCUT2D eigenvalue weighted by Crippen LogP contribution is 2.26. The number of ether oxygens (including phenoxy) is 1. The molecular weight excluding hydrogens is 258 g/mol. The molecule has 3 nitrogen and oxygen atoms in total. The van der Waals surface area contributed by atoms with Crippen LogP contribution in [0.25, 0.3) is 0 Å². The predicted molar refractivity (Wildman–Crippen MR) is 63.8 cm³/mol. The number of halogens is 1. The highest BCUT2D eigenvalue weighted by atomic mass is 79.9. The van der Waals surface area contributed by atoms with Crippen molar-refractivity contribution in [3.63, 3.8) is 0 Å². The molecule has 84 valence electrons. The lowest BCUT2D eigenvalue weighted by Crippen LogP contribution is -2.12. The van der Waals surface area contributed by atoms with E-state index in [9.17, 15) is 0 Å². The van der Waals surface area contributed by atoms with Gasteiger partial charge in [0.1, 0.15) is 5.75 Å². The molecule has 0 heterocycles. The van der Waals surface area contributed by atoms with E-state index in [1.165, 1.54) is 0 Å². The second-order valence-electron chi connectivity index (χ2n) is 3.57. The molecule has 0 amide bonds. The SMILES string of the molecule is CC(CO)COc1ccc(CN)cc1Br. The number of nitrogens with two attached hydrogens (primary N) is 1. The zero-order chi connectivity index (χ0) is 11.3. The third kappa shape index (κ3) is 3.81. The van der Waals surface area contributed by atoms with Gasteiger partial charge in [-0.1, -0.05) is 13.0 Å². The topological polar surface area (TPSA) is 55.5 Å². The van der Waals surface area contributed by atoms with Gasteiger partial charge in [-0.15, -0.1) is 0 Å². The summed E-state index contributed by atoms with van der Waals surface area (Å²) in [5.74, 6) is 0.929. The first-order valence-corrected chi connectivity index (χ1v) is 5.68. The number of hydrogen-bond acceptors (Lipinski definition) is 3. The monoisotopic (exact) mass is 273 g/mol. The quantitative estimate of drug-likeness (QED) is 0.862. The van der Waals surface area contributed by atoms with E-state index in [-0.39, 0.29) is 12.5 Å². The van der Waals surface area contributed by atoms with E-state index in [0.717, 1.165) is 15.8 Å². The third-order valence-corrected chi connectivity index (χ3v) is 2.69. The average Bonchev–Trinajstić information content (AvgIpc) is 2.26. The Hall–Kier alpha value is -0.580. The maximum atomic E-state index is 8.86. The van der Waals surface area contributed by atoms with E-state index < -0.39 is 0 Å². The van der Waals surface area contributed by atoms with E-state index in [2.05, 4.69) is 15.9 Å². The lowest BCUT2D eigenvalue weighted by atomic mass is 10.2. The summed E-state index contributed by atoms with van der Waals surface area (Å²) in [5.41, 5.74) is 6.58. The van der Waals surface area contributed by atoms with Crippen LogP contribution in [-0.4, -0.2) is 18.3 Å². The van der Waals surface area contributed by atoms with Gasteiger partial charge in [0.05, 0.1) is 11.1 Å². The van der Waals surface area contributed by atoms with E-state index in [1.807, 2.05) is 25.1 Å². The Balaban J connectivity index is 2.62. The minimum atomic E-state index is 0.137. The lowest BCUT2D eigenvalue weighted by molar-refractivity contribution is 0.174. The largest absolute Gasteiger partial charge is 0.492 e. The van der Waals surface area contributed by atoms with Crippen LogP contribution in [-0.2, 0) is 6.54 Å². The first-order valence-electron chi connectivity index (χ1n) is 4.89. The van der Waals surface area contributed by atoms with Crippen LogP contribution in [0.2, 0.25) is 0 Å². The fourth-order valence-electron chi connectivity index (χ4n) is 1.07. The fourth-order valence-corrected chi connectivity index (χ4v) is 1.61. The Kier molecular flexibility index (Phi) is 5.08. The van der Waals surface area contributed by atoms with Gasteiger partial charge in [0.25, 0.3) is 0 Å². The number of aliphatic hydroxyl groups excluding tert-OH is 1. The molecule has 0 saturated heterocycles. The van der Waals surface area contributed by atoms with Gasteiger partial charge in [-0.2, -0.15) is 0 Å². The summed E-state index contributed by atoms with van der Waals surface area (Å²) in [7, 11) is 0. The van der Waals surface area contributed by atoms with Crippen molar-refractivity contribution in [1.82, 2.24) is 0 Å². The van der Waals surface area contributed by atoms with Crippen molar-refractivity contribution in [2.24, 2.45) is 11.7 Å². The van der Waals surface area contributed by atoms with Crippen LogP contribution in [0.1, 0.15) is 12.5 Å². The Bertz CT molecular complexity index is 317. The molecule has 1 aromatic rings.